The smallest absolute Gasteiger partial charge is 0.162 e. The minimum atomic E-state index is 0.395. The van der Waals surface area contributed by atoms with E-state index in [0.29, 0.717) is 13.2 Å². The van der Waals surface area contributed by atoms with Gasteiger partial charge in [-0.3, -0.25) is 0 Å². The summed E-state index contributed by atoms with van der Waals surface area (Å²) in [5, 5.41) is 7.98. The van der Waals surface area contributed by atoms with Gasteiger partial charge in [0, 0.05) is 17.6 Å². The van der Waals surface area contributed by atoms with Gasteiger partial charge in [0.2, 0.25) is 0 Å². The number of nitrogens with one attached hydrogen (secondary N) is 1. The number of aromatic nitrogens is 1. The molecule has 5 heteroatoms. The Morgan fingerprint density at radius 3 is 2.95 bits per heavy atom. The van der Waals surface area contributed by atoms with Crippen molar-refractivity contribution in [1.82, 2.24) is 10.5 Å². The average Bonchev–Trinajstić information content (AvgIpc) is 2.89. The summed E-state index contributed by atoms with van der Waals surface area (Å²) in [5.41, 5.74) is 1.87. The van der Waals surface area contributed by atoms with E-state index in [1.54, 1.807) is 0 Å². The van der Waals surface area contributed by atoms with Gasteiger partial charge < -0.3 is 14.6 Å². The van der Waals surface area contributed by atoms with Crippen LogP contribution in [0.1, 0.15) is 30.4 Å². The predicted molar refractivity (Wildman–Crippen MR) is 78.4 cm³/mol. The zero-order valence-electron chi connectivity index (χ0n) is 11.6. The molecule has 1 aromatic heterocycles. The standard InChI is InChI=1S/C15H19ClN2O2/c1-2-7-17-9-13-8-14(20-18-13)11-19-10-12-5-3-4-6-15(12)16/h3-6,8,17H,2,7,9-11H2,1H3. The molecular formula is C15H19ClN2O2. The first kappa shape index (κ1) is 15.0. The summed E-state index contributed by atoms with van der Waals surface area (Å²) in [6.45, 7) is 4.69. The molecule has 20 heavy (non-hydrogen) atoms. The van der Waals surface area contributed by atoms with Crippen LogP contribution in [-0.4, -0.2) is 11.7 Å². The number of halogens is 1. The van der Waals surface area contributed by atoms with E-state index in [4.69, 9.17) is 20.9 Å². The monoisotopic (exact) mass is 294 g/mol. The molecule has 0 aliphatic heterocycles. The molecule has 108 valence electrons. The maximum absolute atomic E-state index is 6.06. The molecule has 1 N–H and O–H groups in total. The Hall–Kier alpha value is -1.36. The highest BCUT2D eigenvalue weighted by atomic mass is 35.5. The van der Waals surface area contributed by atoms with Gasteiger partial charge in [-0.05, 0) is 24.6 Å². The van der Waals surface area contributed by atoms with Crippen molar-refractivity contribution >= 4 is 11.6 Å². The van der Waals surface area contributed by atoms with Crippen molar-refractivity contribution in [3.05, 3.63) is 52.4 Å². The number of hydrogen-bond acceptors (Lipinski definition) is 4. The van der Waals surface area contributed by atoms with Crippen molar-refractivity contribution in [3.8, 4) is 0 Å². The van der Waals surface area contributed by atoms with Gasteiger partial charge >= 0.3 is 0 Å². The van der Waals surface area contributed by atoms with Crippen molar-refractivity contribution < 1.29 is 9.26 Å². The summed E-state index contributed by atoms with van der Waals surface area (Å²) < 4.78 is 10.8. The summed E-state index contributed by atoms with van der Waals surface area (Å²) in [5.74, 6) is 0.727. The highest BCUT2D eigenvalue weighted by Crippen LogP contribution is 2.16. The van der Waals surface area contributed by atoms with Gasteiger partial charge in [-0.25, -0.2) is 0 Å². The topological polar surface area (TPSA) is 47.3 Å². The maximum Gasteiger partial charge on any atom is 0.162 e. The molecular weight excluding hydrogens is 276 g/mol. The van der Waals surface area contributed by atoms with Crippen molar-refractivity contribution in [2.75, 3.05) is 6.54 Å². The second kappa shape index (κ2) is 8.04. The Morgan fingerprint density at radius 2 is 2.15 bits per heavy atom. The van der Waals surface area contributed by atoms with Crippen LogP contribution in [0, 0.1) is 0 Å². The molecule has 0 fully saturated rings. The summed E-state index contributed by atoms with van der Waals surface area (Å²) in [7, 11) is 0. The van der Waals surface area contributed by atoms with E-state index in [1.807, 2.05) is 30.3 Å². The van der Waals surface area contributed by atoms with Gasteiger partial charge in [-0.15, -0.1) is 0 Å². The number of nitrogens with zero attached hydrogens (tertiary/aromatic N) is 1. The zero-order valence-corrected chi connectivity index (χ0v) is 12.3. The van der Waals surface area contributed by atoms with Gasteiger partial charge in [-0.1, -0.05) is 41.9 Å². The molecule has 0 unspecified atom stereocenters. The van der Waals surface area contributed by atoms with E-state index in [2.05, 4.69) is 17.4 Å². The summed E-state index contributed by atoms with van der Waals surface area (Å²) in [6.07, 6.45) is 1.10. The molecule has 0 aliphatic rings. The Kier molecular flexibility index (Phi) is 6.05. The van der Waals surface area contributed by atoms with Gasteiger partial charge in [0.25, 0.3) is 0 Å². The van der Waals surface area contributed by atoms with E-state index in [9.17, 15) is 0 Å². The molecule has 0 saturated heterocycles. The lowest BCUT2D eigenvalue weighted by Crippen LogP contribution is -2.13. The molecule has 0 bridgehead atoms. The molecule has 2 rings (SSSR count). The lowest BCUT2D eigenvalue weighted by molar-refractivity contribution is 0.0884. The Bertz CT molecular complexity index is 528. The van der Waals surface area contributed by atoms with Crippen LogP contribution >= 0.6 is 11.6 Å². The fraction of sp³-hybridized carbons (Fsp3) is 0.400. The van der Waals surface area contributed by atoms with Gasteiger partial charge in [0.15, 0.2) is 5.76 Å². The highest BCUT2D eigenvalue weighted by Gasteiger charge is 2.05. The van der Waals surface area contributed by atoms with E-state index in [0.717, 1.165) is 41.6 Å². The molecule has 0 amide bonds. The van der Waals surface area contributed by atoms with Crippen molar-refractivity contribution in [1.29, 1.82) is 0 Å². The van der Waals surface area contributed by atoms with Gasteiger partial charge in [0.05, 0.1) is 12.3 Å². The van der Waals surface area contributed by atoms with Crippen LogP contribution < -0.4 is 5.32 Å². The fourth-order valence-electron chi connectivity index (χ4n) is 1.78. The minimum Gasteiger partial charge on any atom is -0.369 e. The second-order valence-corrected chi connectivity index (χ2v) is 4.95. The molecule has 0 aliphatic carbocycles. The molecule has 0 spiro atoms. The Morgan fingerprint density at radius 1 is 1.30 bits per heavy atom. The third kappa shape index (κ3) is 4.63. The minimum absolute atomic E-state index is 0.395. The number of ether oxygens (including phenoxy) is 1. The van der Waals surface area contributed by atoms with Crippen molar-refractivity contribution in [2.24, 2.45) is 0 Å². The first-order chi connectivity index (χ1) is 9.79. The lowest BCUT2D eigenvalue weighted by atomic mass is 10.2. The summed E-state index contributed by atoms with van der Waals surface area (Å²) in [6, 6.07) is 9.55. The quantitative estimate of drug-likeness (QED) is 0.757. The second-order valence-electron chi connectivity index (χ2n) is 4.55. The molecule has 1 heterocycles. The first-order valence-corrected chi connectivity index (χ1v) is 7.13. The molecule has 0 atom stereocenters. The van der Waals surface area contributed by atoms with Gasteiger partial charge in [0.1, 0.15) is 6.61 Å². The van der Waals surface area contributed by atoms with E-state index < -0.39 is 0 Å². The van der Waals surface area contributed by atoms with Crippen molar-refractivity contribution in [3.63, 3.8) is 0 Å². The van der Waals surface area contributed by atoms with Crippen LogP contribution in [0.4, 0.5) is 0 Å². The summed E-state index contributed by atoms with van der Waals surface area (Å²) >= 11 is 6.06. The number of benzene rings is 1. The van der Waals surface area contributed by atoms with Crippen molar-refractivity contribution in [2.45, 2.75) is 33.1 Å². The molecule has 2 aromatic rings. The highest BCUT2D eigenvalue weighted by molar-refractivity contribution is 6.31. The van der Waals surface area contributed by atoms with Crippen LogP contribution in [0.25, 0.3) is 0 Å². The van der Waals surface area contributed by atoms with Crippen LogP contribution in [0.3, 0.4) is 0 Å². The fourth-order valence-corrected chi connectivity index (χ4v) is 1.97. The lowest BCUT2D eigenvalue weighted by Gasteiger charge is -2.03. The SMILES string of the molecule is CCCNCc1cc(COCc2ccccc2Cl)on1. The van der Waals surface area contributed by atoms with Crippen LogP contribution in [0.2, 0.25) is 5.02 Å². The molecule has 0 saturated carbocycles. The first-order valence-electron chi connectivity index (χ1n) is 6.76. The summed E-state index contributed by atoms with van der Waals surface area (Å²) in [4.78, 5) is 0. The normalized spacial score (nSPS) is 10.9. The van der Waals surface area contributed by atoms with E-state index in [1.165, 1.54) is 0 Å². The third-order valence-electron chi connectivity index (χ3n) is 2.80. The molecule has 1 aromatic carbocycles. The van der Waals surface area contributed by atoms with E-state index >= 15 is 0 Å². The molecule has 4 nitrogen and oxygen atoms in total. The predicted octanol–water partition coefficient (Wildman–Crippen LogP) is 3.54. The largest absolute Gasteiger partial charge is 0.369 e. The third-order valence-corrected chi connectivity index (χ3v) is 3.17. The Balaban J connectivity index is 1.75. The van der Waals surface area contributed by atoms with Gasteiger partial charge in [-0.2, -0.15) is 0 Å². The maximum atomic E-state index is 6.06. The zero-order chi connectivity index (χ0) is 14.2. The number of hydrogen-bond donors (Lipinski definition) is 1. The van der Waals surface area contributed by atoms with Crippen LogP contribution in [0.5, 0.6) is 0 Å². The van der Waals surface area contributed by atoms with Crippen LogP contribution in [-0.2, 0) is 24.5 Å². The Labute approximate surface area is 124 Å². The average molecular weight is 295 g/mol. The van der Waals surface area contributed by atoms with E-state index in [-0.39, 0.29) is 0 Å². The van der Waals surface area contributed by atoms with Crippen LogP contribution in [0.15, 0.2) is 34.9 Å². The number of rotatable bonds is 8. The molecule has 0 radical (unpaired) electrons.